The number of aromatic carboxylic acids is 1. The van der Waals surface area contributed by atoms with Crippen LogP contribution in [0.5, 0.6) is 0 Å². The number of carboxylic acid groups (broad SMARTS) is 1. The molecule has 1 amide bonds. The van der Waals surface area contributed by atoms with Gasteiger partial charge in [0.15, 0.2) is 0 Å². The number of nitrogens with zero attached hydrogens (tertiary/aromatic N) is 1. The number of carbonyl (C=O) groups is 2. The van der Waals surface area contributed by atoms with Gasteiger partial charge in [-0.1, -0.05) is 29.3 Å². The van der Waals surface area contributed by atoms with Crippen LogP contribution in [-0.4, -0.2) is 22.0 Å². The summed E-state index contributed by atoms with van der Waals surface area (Å²) in [6, 6.07) is 9.51. The Kier molecular flexibility index (Phi) is 4.88. The molecule has 0 saturated heterocycles. The third kappa shape index (κ3) is 3.90. The summed E-state index contributed by atoms with van der Waals surface area (Å²) < 4.78 is 0. The molecule has 0 spiro atoms. The van der Waals surface area contributed by atoms with Gasteiger partial charge in [0.1, 0.15) is 0 Å². The van der Waals surface area contributed by atoms with E-state index in [-0.39, 0.29) is 17.9 Å². The van der Waals surface area contributed by atoms with Gasteiger partial charge < -0.3 is 10.4 Å². The molecule has 126 valence electrons. The van der Waals surface area contributed by atoms with E-state index in [2.05, 4.69) is 10.3 Å². The van der Waals surface area contributed by atoms with Crippen molar-refractivity contribution in [2.24, 2.45) is 0 Å². The summed E-state index contributed by atoms with van der Waals surface area (Å²) in [6.45, 7) is 0. The standard InChI is InChI=1S/C18H12Cl2N2O3/c19-13-6-11-5-12(18(24)25)7-15(17(11)14(20)8-13)22-16(23)4-10-2-1-3-21-9-10/h1-3,5-9H,4H2,(H,22,23)(H,24,25). The van der Waals surface area contributed by atoms with E-state index >= 15 is 0 Å². The lowest BCUT2D eigenvalue weighted by Crippen LogP contribution is -2.15. The molecule has 0 aliphatic carbocycles. The van der Waals surface area contributed by atoms with Crippen LogP contribution in [0.2, 0.25) is 10.0 Å². The number of anilines is 1. The number of hydrogen-bond acceptors (Lipinski definition) is 3. The number of pyridine rings is 1. The number of benzene rings is 2. The van der Waals surface area contributed by atoms with E-state index in [1.165, 1.54) is 12.1 Å². The Balaban J connectivity index is 2.02. The Labute approximate surface area is 153 Å². The second kappa shape index (κ2) is 7.09. The van der Waals surface area contributed by atoms with Gasteiger partial charge in [-0.2, -0.15) is 0 Å². The smallest absolute Gasteiger partial charge is 0.335 e. The maximum absolute atomic E-state index is 12.3. The molecule has 1 aromatic heterocycles. The van der Waals surface area contributed by atoms with Crippen molar-refractivity contribution in [2.45, 2.75) is 6.42 Å². The predicted molar refractivity (Wildman–Crippen MR) is 97.5 cm³/mol. The number of carbonyl (C=O) groups excluding carboxylic acids is 1. The zero-order valence-corrected chi connectivity index (χ0v) is 14.3. The molecule has 1 heterocycles. The molecular formula is C18H12Cl2N2O3. The van der Waals surface area contributed by atoms with Crippen molar-refractivity contribution in [2.75, 3.05) is 5.32 Å². The molecule has 0 saturated carbocycles. The monoisotopic (exact) mass is 374 g/mol. The van der Waals surface area contributed by atoms with Crippen molar-refractivity contribution in [3.63, 3.8) is 0 Å². The van der Waals surface area contributed by atoms with Gasteiger partial charge in [-0.25, -0.2) is 4.79 Å². The number of nitrogens with one attached hydrogen (secondary N) is 1. The van der Waals surface area contributed by atoms with Crippen molar-refractivity contribution in [3.8, 4) is 0 Å². The molecule has 2 aromatic carbocycles. The molecule has 0 aliphatic heterocycles. The summed E-state index contributed by atoms with van der Waals surface area (Å²) in [6.07, 6.45) is 3.32. The van der Waals surface area contributed by atoms with Gasteiger partial charge in [-0.05, 0) is 41.3 Å². The van der Waals surface area contributed by atoms with E-state index in [0.717, 1.165) is 5.56 Å². The number of rotatable bonds is 4. The lowest BCUT2D eigenvalue weighted by atomic mass is 10.0. The van der Waals surface area contributed by atoms with Crippen LogP contribution in [0.3, 0.4) is 0 Å². The van der Waals surface area contributed by atoms with Crippen LogP contribution in [0.15, 0.2) is 48.8 Å². The molecule has 0 bridgehead atoms. The van der Waals surface area contributed by atoms with E-state index < -0.39 is 5.97 Å². The average Bonchev–Trinajstić information content (AvgIpc) is 2.54. The number of fused-ring (bicyclic) bond motifs is 1. The van der Waals surface area contributed by atoms with E-state index in [4.69, 9.17) is 23.2 Å². The molecule has 25 heavy (non-hydrogen) atoms. The van der Waals surface area contributed by atoms with Crippen LogP contribution in [0.1, 0.15) is 15.9 Å². The van der Waals surface area contributed by atoms with Crippen LogP contribution in [-0.2, 0) is 11.2 Å². The Bertz CT molecular complexity index is 975. The minimum Gasteiger partial charge on any atom is -0.478 e. The summed E-state index contributed by atoms with van der Waals surface area (Å²) in [4.78, 5) is 27.6. The van der Waals surface area contributed by atoms with Crippen molar-refractivity contribution in [1.82, 2.24) is 4.98 Å². The fourth-order valence-corrected chi connectivity index (χ4v) is 3.14. The number of hydrogen-bond donors (Lipinski definition) is 2. The zero-order valence-electron chi connectivity index (χ0n) is 12.8. The molecule has 3 rings (SSSR count). The van der Waals surface area contributed by atoms with Crippen LogP contribution in [0.25, 0.3) is 10.8 Å². The SMILES string of the molecule is O=C(Cc1cccnc1)Nc1cc(C(=O)O)cc2cc(Cl)cc(Cl)c12. The highest BCUT2D eigenvalue weighted by Gasteiger charge is 2.15. The third-order valence-corrected chi connectivity index (χ3v) is 4.09. The lowest BCUT2D eigenvalue weighted by Gasteiger charge is -2.12. The quantitative estimate of drug-likeness (QED) is 0.708. The predicted octanol–water partition coefficient (Wildman–Crippen LogP) is 4.42. The maximum Gasteiger partial charge on any atom is 0.335 e. The highest BCUT2D eigenvalue weighted by Crippen LogP contribution is 2.34. The number of halogens is 2. The van der Waals surface area contributed by atoms with Crippen LogP contribution in [0, 0.1) is 0 Å². The summed E-state index contributed by atoms with van der Waals surface area (Å²) >= 11 is 12.2. The second-order valence-electron chi connectivity index (χ2n) is 5.40. The van der Waals surface area contributed by atoms with E-state index in [0.29, 0.717) is 26.5 Å². The fraction of sp³-hybridized carbons (Fsp3) is 0.0556. The van der Waals surface area contributed by atoms with Gasteiger partial charge in [0.2, 0.25) is 5.91 Å². The Hall–Kier alpha value is -2.63. The zero-order chi connectivity index (χ0) is 18.0. The Morgan fingerprint density at radius 2 is 1.96 bits per heavy atom. The molecule has 5 nitrogen and oxygen atoms in total. The van der Waals surface area contributed by atoms with Gasteiger partial charge in [0, 0.05) is 22.8 Å². The molecule has 0 aliphatic rings. The Morgan fingerprint density at radius 1 is 1.16 bits per heavy atom. The van der Waals surface area contributed by atoms with Crippen molar-refractivity contribution < 1.29 is 14.7 Å². The number of amides is 1. The first-order valence-electron chi connectivity index (χ1n) is 7.29. The van der Waals surface area contributed by atoms with E-state index in [9.17, 15) is 14.7 Å². The second-order valence-corrected chi connectivity index (χ2v) is 6.24. The highest BCUT2D eigenvalue weighted by molar-refractivity contribution is 6.40. The minimum atomic E-state index is -1.11. The molecule has 0 radical (unpaired) electrons. The van der Waals surface area contributed by atoms with Gasteiger partial charge >= 0.3 is 5.97 Å². The van der Waals surface area contributed by atoms with Crippen LogP contribution < -0.4 is 5.32 Å². The summed E-state index contributed by atoms with van der Waals surface area (Å²) in [5, 5.41) is 13.8. The molecular weight excluding hydrogens is 363 g/mol. The van der Waals surface area contributed by atoms with Gasteiger partial charge in [0.25, 0.3) is 0 Å². The molecule has 0 fully saturated rings. The maximum atomic E-state index is 12.3. The average molecular weight is 375 g/mol. The summed E-state index contributed by atoms with van der Waals surface area (Å²) in [7, 11) is 0. The van der Waals surface area contributed by atoms with Crippen molar-refractivity contribution in [1.29, 1.82) is 0 Å². The normalized spacial score (nSPS) is 10.6. The van der Waals surface area contributed by atoms with E-state index in [1.54, 1.807) is 36.7 Å². The molecule has 0 unspecified atom stereocenters. The van der Waals surface area contributed by atoms with Gasteiger partial charge in [-0.15, -0.1) is 0 Å². The van der Waals surface area contributed by atoms with Crippen molar-refractivity contribution in [3.05, 3.63) is 70.0 Å². The lowest BCUT2D eigenvalue weighted by molar-refractivity contribution is -0.115. The number of carboxylic acids is 1. The topological polar surface area (TPSA) is 79.3 Å². The highest BCUT2D eigenvalue weighted by atomic mass is 35.5. The molecule has 2 N–H and O–H groups in total. The fourth-order valence-electron chi connectivity index (χ4n) is 2.53. The Morgan fingerprint density at radius 3 is 2.64 bits per heavy atom. The first kappa shape index (κ1) is 17.2. The largest absolute Gasteiger partial charge is 0.478 e. The molecule has 3 aromatic rings. The number of aromatic nitrogens is 1. The van der Waals surface area contributed by atoms with Gasteiger partial charge in [-0.3, -0.25) is 9.78 Å². The first-order valence-corrected chi connectivity index (χ1v) is 8.04. The van der Waals surface area contributed by atoms with Gasteiger partial charge in [0.05, 0.1) is 22.7 Å². The summed E-state index contributed by atoms with van der Waals surface area (Å²) in [5.74, 6) is -1.41. The minimum absolute atomic E-state index is 0.0301. The molecule has 0 atom stereocenters. The summed E-state index contributed by atoms with van der Waals surface area (Å²) in [5.41, 5.74) is 1.10. The molecule has 7 heteroatoms. The third-order valence-electron chi connectivity index (χ3n) is 3.57. The van der Waals surface area contributed by atoms with Crippen LogP contribution >= 0.6 is 23.2 Å². The first-order chi connectivity index (χ1) is 11.9. The van der Waals surface area contributed by atoms with Crippen molar-refractivity contribution >= 4 is 51.5 Å². The van der Waals surface area contributed by atoms with Crippen LogP contribution in [0.4, 0.5) is 5.69 Å². The van der Waals surface area contributed by atoms with E-state index in [1.807, 2.05) is 0 Å².